The summed E-state index contributed by atoms with van der Waals surface area (Å²) >= 11 is 0. The Labute approximate surface area is 864 Å². The number of methoxy groups -OCH3 is 2. The smallest absolute Gasteiger partial charge is 0.416 e. The molecule has 0 saturated heterocycles. The molecule has 11 N–H and O–H groups in total. The number of carbonyl (C=O) groups excluding carboxylic acids is 14. The highest BCUT2D eigenvalue weighted by Gasteiger charge is 2.48. The average molecular weight is 2050 g/mol. The van der Waals surface area contributed by atoms with Gasteiger partial charge in [-0.3, -0.25) is 72.9 Å². The molecule has 0 saturated carbocycles. The molecule has 15 rings (SSSR count). The first-order chi connectivity index (χ1) is 71.3. The molecule has 6 aromatic carbocycles. The van der Waals surface area contributed by atoms with Crippen molar-refractivity contribution in [2.75, 3.05) is 75.4 Å². The summed E-state index contributed by atoms with van der Waals surface area (Å²) in [6.07, 6.45) is 12.8. The fourth-order valence-electron chi connectivity index (χ4n) is 18.8. The number of aliphatic imine (C=N–C) groups is 1. The predicted octanol–water partition coefficient (Wildman–Crippen LogP) is 10.6. The van der Waals surface area contributed by atoms with E-state index in [0.717, 1.165) is 109 Å². The Bertz CT molecular complexity index is 6310. The summed E-state index contributed by atoms with van der Waals surface area (Å²) in [7, 11) is 2.92. The number of ether oxygens (including phenoxy) is 8. The van der Waals surface area contributed by atoms with Crippen LogP contribution in [0.15, 0.2) is 161 Å². The number of nitrogens with one attached hydrogen (secondary N) is 7. The van der Waals surface area contributed by atoms with Gasteiger partial charge in [-0.15, -0.1) is 0 Å². The fraction of sp³-hybridized carbons (Fsp3) is 0.440. The van der Waals surface area contributed by atoms with Crippen molar-refractivity contribution >= 4 is 112 Å². The molecule has 0 aromatic heterocycles. The van der Waals surface area contributed by atoms with Crippen molar-refractivity contribution in [1.82, 2.24) is 56.6 Å². The van der Waals surface area contributed by atoms with Crippen LogP contribution in [0.25, 0.3) is 0 Å². The molecule has 0 fully saturated rings. The number of aryl methyl sites for hydroxylation is 2. The molecule has 9 heterocycles. The van der Waals surface area contributed by atoms with Gasteiger partial charge in [-0.1, -0.05) is 98.5 Å². The minimum Gasteiger partial charge on any atom is -0.493 e. The average Bonchev–Trinajstić information content (AvgIpc) is 1.52. The number of nitrogens with two attached hydrogens (primary N) is 1. The highest BCUT2D eigenvalue weighted by molar-refractivity contribution is 6.41. The van der Waals surface area contributed by atoms with Gasteiger partial charge < -0.3 is 100 Å². The van der Waals surface area contributed by atoms with E-state index in [1.807, 2.05) is 101 Å². The number of fused-ring (bicyclic) bond motifs is 8. The Kier molecular flexibility index (Phi) is 36.1. The molecule has 40 nitrogen and oxygen atoms in total. The standard InChI is InChI=1S/C59H69N9O14.C50H63N7O10/c1-33(2)53(64-63-50(70)29-62-49(69)17-18-65-51(71)15-16-52(65)72)55(74)54(73)37(6)60-27-38-11-13-39(14-12-38)32-82-59(78)68-44-26-48(47(79-7)24-42(44)57(76)67-31-35(4)22-45(67)58(68)77)81-20-10-8-9-19-80-46-25-43-41(23-36(46)5)56(75)66-30-34(3)21-40(66)28-61-43;1-28(2)44(45(51)58)54-46(59)32(6)52-23-33-11-13-34(14-12-33)27-67-50(63)57-39-22-43(42(64-7)20-37(39)48(61)56-26-30(4)18-40(56)49(57)62)66-16-10-8-9-15-65-41-21-38-36(19-31(41)5)47(60)55-25-29(3)17-35(55)24-53-38/h11-16,23-26,28,30-31,33,37,40,45,53,58,60,64,77H,8-10,17-22,27,29,32H2,1-7H3,(H,62,69)(H,63,70);11-14,19-22,25-26,28,32,35,40,44,49,52-53,62H,8-10,15-18,23-24,27H2,1-7H3,(H2,51,58)(H,54,59)/t37?,40-,45-,53-,58-;32?,35-,40-,44-,49-/m00/s1. The van der Waals surface area contributed by atoms with Crippen LogP contribution in [0.5, 0.6) is 34.5 Å². The van der Waals surface area contributed by atoms with Crippen LogP contribution >= 0.6 is 0 Å². The second-order valence-electron chi connectivity index (χ2n) is 39.4. The Hall–Kier alpha value is -15.1. The van der Waals surface area contributed by atoms with E-state index in [-0.39, 0.29) is 109 Å². The number of benzene rings is 6. The first-order valence-electron chi connectivity index (χ1n) is 50.2. The molecular weight excluding hydrogens is 1920 g/mol. The molecule has 0 bridgehead atoms. The van der Waals surface area contributed by atoms with E-state index in [1.165, 1.54) is 54.7 Å². The number of amides is 12. The summed E-state index contributed by atoms with van der Waals surface area (Å²) in [4.78, 5) is 196. The lowest BCUT2D eigenvalue weighted by atomic mass is 9.95. The minimum atomic E-state index is -1.50. The summed E-state index contributed by atoms with van der Waals surface area (Å²) in [5.74, 6) is -3.83. The van der Waals surface area contributed by atoms with E-state index >= 15 is 0 Å². The van der Waals surface area contributed by atoms with Gasteiger partial charge in [0.25, 0.3) is 41.4 Å². The van der Waals surface area contributed by atoms with Gasteiger partial charge in [0.1, 0.15) is 30.8 Å². The summed E-state index contributed by atoms with van der Waals surface area (Å²) in [6, 6.07) is 22.8. The van der Waals surface area contributed by atoms with Crippen molar-refractivity contribution in [2.24, 2.45) is 22.6 Å². The molecule has 9 aliphatic heterocycles. The van der Waals surface area contributed by atoms with Crippen molar-refractivity contribution in [1.29, 1.82) is 0 Å². The van der Waals surface area contributed by atoms with E-state index in [0.29, 0.717) is 110 Å². The lowest BCUT2D eigenvalue weighted by Gasteiger charge is -2.31. The molecule has 0 spiro atoms. The summed E-state index contributed by atoms with van der Waals surface area (Å²) in [6.45, 7) is 23.5. The number of rotatable bonds is 43. The topological polar surface area (TPSA) is 499 Å². The normalized spacial score (nSPS) is 19.0. The molecule has 10 atom stereocenters. The second-order valence-corrected chi connectivity index (χ2v) is 39.4. The number of unbranched alkanes of at least 4 members (excludes halogenated alkanes) is 4. The Morgan fingerprint density at radius 3 is 1.44 bits per heavy atom. The molecule has 792 valence electrons. The zero-order valence-corrected chi connectivity index (χ0v) is 86.3. The molecule has 2 unspecified atom stereocenters. The summed E-state index contributed by atoms with van der Waals surface area (Å²) in [5, 5.41) is 38.4. The summed E-state index contributed by atoms with van der Waals surface area (Å²) < 4.78 is 47.8. The van der Waals surface area contributed by atoms with E-state index in [9.17, 15) is 77.3 Å². The number of imide groups is 1. The molecule has 0 aliphatic carbocycles. The van der Waals surface area contributed by atoms with Crippen molar-refractivity contribution < 1.29 is 115 Å². The SMILES string of the molecule is COc1cc2c(cc1OCCCCCOc1cc3c(cc1C)C(=O)N1C=C(C)C[C@H]1C=N3)N(C(=O)OCc1ccc(CNC(C)C(=O)C(=O)[C@@H](NNC(=O)CNC(=O)CCN3C(=O)C=CC3=O)C(C)C)cc1)[C@@H](O)[C@@H]1CC(C)=CN1C2=O.COc1cc2c(cc1OCCCCCOc1cc3c(cc1C)C(=O)N1C=C(C)C[C@H]1CN3)N(C(=O)OCc1ccc(CNC(C)C(=O)N[C@H](C(N)=O)C(C)C)cc1)[C@@H](O)[C@@H]1CC(C)=CN1C2=O. The highest BCUT2D eigenvalue weighted by atomic mass is 16.6. The van der Waals surface area contributed by atoms with Crippen molar-refractivity contribution in [3.8, 4) is 34.5 Å². The largest absolute Gasteiger partial charge is 0.493 e. The Morgan fingerprint density at radius 2 is 0.933 bits per heavy atom. The number of primary amides is 1. The Morgan fingerprint density at radius 1 is 0.483 bits per heavy atom. The maximum atomic E-state index is 14.2. The molecule has 0 radical (unpaired) electrons. The maximum absolute atomic E-state index is 14.2. The van der Waals surface area contributed by atoms with Crippen LogP contribution in [-0.4, -0.2) is 245 Å². The quantitative estimate of drug-likeness (QED) is 0.00736. The summed E-state index contributed by atoms with van der Waals surface area (Å²) in [5.41, 5.74) is 22.0. The van der Waals surface area contributed by atoms with Gasteiger partial charge in [0, 0.05) is 100 Å². The third-order valence-electron chi connectivity index (χ3n) is 27.3. The van der Waals surface area contributed by atoms with E-state index in [1.54, 1.807) is 94.4 Å². The minimum absolute atomic E-state index is 0.00350. The molecule has 40 heteroatoms. The Balaban J connectivity index is 0.000000240. The number of carbonyl (C=O) groups is 14. The number of Topliss-reactive ketones (excluding diaryl/α,β-unsaturated/α-hetero) is 2. The van der Waals surface area contributed by atoms with E-state index < -0.39 is 126 Å². The first-order valence-corrected chi connectivity index (χ1v) is 50.2. The highest BCUT2D eigenvalue weighted by Crippen LogP contribution is 2.46. The molecule has 149 heavy (non-hydrogen) atoms. The predicted molar refractivity (Wildman–Crippen MR) is 550 cm³/mol. The van der Waals surface area contributed by atoms with Gasteiger partial charge >= 0.3 is 12.2 Å². The van der Waals surface area contributed by atoms with Gasteiger partial charge in [-0.2, -0.15) is 0 Å². The van der Waals surface area contributed by atoms with Crippen molar-refractivity contribution in [3.05, 3.63) is 212 Å². The second kappa shape index (κ2) is 49.1. The molecule has 12 amide bonds. The van der Waals surface area contributed by atoms with Crippen LogP contribution in [0.1, 0.15) is 215 Å². The molecule has 9 aliphatic rings. The molecular formula is C109H132N16O24. The molecule has 6 aromatic rings. The zero-order chi connectivity index (χ0) is 107. The number of hydrogen-bond acceptors (Lipinski definition) is 29. The number of nitrogens with zero attached hydrogens (tertiary/aromatic N) is 8. The van der Waals surface area contributed by atoms with Gasteiger partial charge in [-0.05, 0) is 189 Å². The number of anilines is 3. The number of aliphatic hydroxyl groups is 2. The van der Waals surface area contributed by atoms with Gasteiger partial charge in [0.15, 0.2) is 35.5 Å². The maximum Gasteiger partial charge on any atom is 0.416 e. The monoisotopic (exact) mass is 2050 g/mol. The first kappa shape index (κ1) is 110. The third kappa shape index (κ3) is 26.2. The number of aliphatic hydroxyl groups excluding tert-OH is 2. The van der Waals surface area contributed by atoms with Crippen LogP contribution in [0.2, 0.25) is 0 Å². The van der Waals surface area contributed by atoms with Gasteiger partial charge in [0.05, 0.1) is 134 Å². The fourth-order valence-corrected chi connectivity index (χ4v) is 18.8. The van der Waals surface area contributed by atoms with E-state index in [4.69, 9.17) is 43.6 Å². The lowest BCUT2D eigenvalue weighted by molar-refractivity contribution is -0.140. The van der Waals surface area contributed by atoms with Crippen LogP contribution < -0.4 is 81.4 Å². The van der Waals surface area contributed by atoms with Crippen LogP contribution in [0, 0.1) is 25.7 Å². The van der Waals surface area contributed by atoms with Crippen LogP contribution in [0.4, 0.5) is 32.3 Å². The number of hydrazine groups is 1. The van der Waals surface area contributed by atoms with Crippen LogP contribution in [-0.2, 0) is 74.1 Å². The number of hydrogen-bond donors (Lipinski definition) is 10. The van der Waals surface area contributed by atoms with Gasteiger partial charge in [0.2, 0.25) is 29.3 Å². The van der Waals surface area contributed by atoms with Crippen molar-refractivity contribution in [2.45, 2.75) is 241 Å². The van der Waals surface area contributed by atoms with Crippen LogP contribution in [0.3, 0.4) is 0 Å². The van der Waals surface area contributed by atoms with E-state index in [2.05, 4.69) is 42.4 Å². The third-order valence-corrected chi connectivity index (χ3v) is 27.3. The van der Waals surface area contributed by atoms with Gasteiger partial charge in [-0.25, -0.2) is 24.8 Å². The number of ketones is 2. The van der Waals surface area contributed by atoms with Crippen molar-refractivity contribution in [3.63, 3.8) is 0 Å². The lowest BCUT2D eigenvalue weighted by Crippen LogP contribution is -2.56. The zero-order valence-electron chi connectivity index (χ0n) is 86.3.